The summed E-state index contributed by atoms with van der Waals surface area (Å²) in [4.78, 5) is 37.7. The molecule has 8 aliphatic rings. The average molecular weight is 415 g/mol. The van der Waals surface area contributed by atoms with E-state index in [4.69, 9.17) is 4.74 Å². The Morgan fingerprint density at radius 3 is 1.60 bits per heavy atom. The predicted molar refractivity (Wildman–Crippen MR) is 109 cm³/mol. The fourth-order valence-corrected chi connectivity index (χ4v) is 9.34. The Morgan fingerprint density at radius 1 is 0.700 bits per heavy atom. The van der Waals surface area contributed by atoms with E-state index in [1.54, 1.807) is 0 Å². The van der Waals surface area contributed by atoms with Crippen LogP contribution in [0.5, 0.6) is 0 Å². The molecule has 0 aliphatic heterocycles. The van der Waals surface area contributed by atoms with Gasteiger partial charge in [0.05, 0.1) is 5.41 Å². The number of rotatable bonds is 4. The molecule has 0 atom stereocenters. The predicted octanol–water partition coefficient (Wildman–Crippen LogP) is 3.54. The highest BCUT2D eigenvalue weighted by atomic mass is 16.5. The van der Waals surface area contributed by atoms with E-state index in [2.05, 4.69) is 10.6 Å². The van der Waals surface area contributed by atoms with E-state index in [0.717, 1.165) is 56.3 Å². The van der Waals surface area contributed by atoms with Crippen LogP contribution in [0, 0.1) is 40.9 Å². The molecule has 8 rings (SSSR count). The number of esters is 1. The van der Waals surface area contributed by atoms with Crippen LogP contribution in [0.4, 0.5) is 4.79 Å². The summed E-state index contributed by atoms with van der Waals surface area (Å²) in [6, 6.07) is -0.423. The highest BCUT2D eigenvalue weighted by molar-refractivity contribution is 5.96. The smallest absolute Gasteiger partial charge is 0.321 e. The van der Waals surface area contributed by atoms with E-state index in [0.29, 0.717) is 17.8 Å². The van der Waals surface area contributed by atoms with Crippen LogP contribution in [0.1, 0.15) is 77.0 Å². The second-order valence-electron chi connectivity index (χ2n) is 12.0. The van der Waals surface area contributed by atoms with Crippen molar-refractivity contribution in [1.82, 2.24) is 10.6 Å². The molecule has 0 saturated heterocycles. The molecule has 0 spiro atoms. The molecule has 0 aromatic heterocycles. The third-order valence-electron chi connectivity index (χ3n) is 9.48. The molecular weight excluding hydrogens is 380 g/mol. The monoisotopic (exact) mass is 414 g/mol. The van der Waals surface area contributed by atoms with Crippen molar-refractivity contribution in [2.24, 2.45) is 40.9 Å². The van der Waals surface area contributed by atoms with Crippen LogP contribution >= 0.6 is 0 Å². The van der Waals surface area contributed by atoms with Crippen LogP contribution in [0.2, 0.25) is 0 Å². The highest BCUT2D eigenvalue weighted by Crippen LogP contribution is 2.60. The van der Waals surface area contributed by atoms with Crippen LogP contribution in [0.25, 0.3) is 0 Å². The van der Waals surface area contributed by atoms with Gasteiger partial charge in [-0.2, -0.15) is 0 Å². The van der Waals surface area contributed by atoms with Crippen LogP contribution in [0.15, 0.2) is 0 Å². The normalized spacial score (nSPS) is 47.2. The van der Waals surface area contributed by atoms with Gasteiger partial charge in [0.15, 0.2) is 6.61 Å². The van der Waals surface area contributed by atoms with Gasteiger partial charge in [-0.3, -0.25) is 14.9 Å². The lowest BCUT2D eigenvalue weighted by Crippen LogP contribution is -2.62. The number of hydrogen-bond donors (Lipinski definition) is 2. The SMILES string of the molecule is O=C(COC(=O)C12CC3CC(CC(C3)C1)C2)NC(=O)NC12CC3CC(CC(C3)C1)C2. The lowest BCUT2D eigenvalue weighted by Gasteiger charge is -2.56. The first-order valence-corrected chi connectivity index (χ1v) is 12.2. The topological polar surface area (TPSA) is 84.5 Å². The number of amides is 3. The second-order valence-corrected chi connectivity index (χ2v) is 12.0. The minimum Gasteiger partial charge on any atom is -0.455 e. The van der Waals surface area contributed by atoms with Crippen LogP contribution in [0.3, 0.4) is 0 Å². The fraction of sp³-hybridized carbons (Fsp3) is 0.875. The number of urea groups is 1. The van der Waals surface area contributed by atoms with Crippen molar-refractivity contribution in [2.75, 3.05) is 6.61 Å². The van der Waals surface area contributed by atoms with Gasteiger partial charge in [0, 0.05) is 5.54 Å². The van der Waals surface area contributed by atoms with Gasteiger partial charge in [-0.15, -0.1) is 0 Å². The molecular formula is C24H34N2O4. The van der Waals surface area contributed by atoms with Gasteiger partial charge < -0.3 is 10.1 Å². The second kappa shape index (κ2) is 6.70. The van der Waals surface area contributed by atoms with E-state index < -0.39 is 11.9 Å². The number of ether oxygens (including phenoxy) is 1. The van der Waals surface area contributed by atoms with Gasteiger partial charge in [0.2, 0.25) is 0 Å². The number of hydrogen-bond acceptors (Lipinski definition) is 4. The third kappa shape index (κ3) is 3.25. The van der Waals surface area contributed by atoms with Gasteiger partial charge in [0.1, 0.15) is 0 Å². The summed E-state index contributed by atoms with van der Waals surface area (Å²) in [5, 5.41) is 5.56. The summed E-state index contributed by atoms with van der Waals surface area (Å²) in [6.45, 7) is -0.352. The maximum atomic E-state index is 12.9. The number of nitrogens with one attached hydrogen (secondary N) is 2. The maximum Gasteiger partial charge on any atom is 0.321 e. The molecule has 6 heteroatoms. The van der Waals surface area contributed by atoms with Crippen molar-refractivity contribution >= 4 is 17.9 Å². The molecule has 8 bridgehead atoms. The molecule has 164 valence electrons. The minimum absolute atomic E-state index is 0.130. The Balaban J connectivity index is 1.01. The van der Waals surface area contributed by atoms with Crippen molar-refractivity contribution in [1.29, 1.82) is 0 Å². The lowest BCUT2D eigenvalue weighted by atomic mass is 9.49. The summed E-state index contributed by atoms with van der Waals surface area (Å²) >= 11 is 0. The van der Waals surface area contributed by atoms with Crippen molar-refractivity contribution in [2.45, 2.75) is 82.6 Å². The van der Waals surface area contributed by atoms with E-state index in [1.165, 1.54) is 38.5 Å². The molecule has 0 unspecified atom stereocenters. The molecule has 2 N–H and O–H groups in total. The average Bonchev–Trinajstić information content (AvgIpc) is 2.63. The summed E-state index contributed by atoms with van der Waals surface area (Å²) < 4.78 is 5.45. The minimum atomic E-state index is -0.518. The number of carbonyl (C=O) groups excluding carboxylic acids is 3. The number of carbonyl (C=O) groups is 3. The molecule has 6 nitrogen and oxygen atoms in total. The van der Waals surface area contributed by atoms with Crippen molar-refractivity contribution in [3.63, 3.8) is 0 Å². The van der Waals surface area contributed by atoms with Gasteiger partial charge in [0.25, 0.3) is 5.91 Å². The lowest BCUT2D eigenvalue weighted by molar-refractivity contribution is -0.173. The van der Waals surface area contributed by atoms with Crippen LogP contribution < -0.4 is 10.6 Å². The Bertz CT molecular complexity index is 705. The molecule has 0 aromatic rings. The summed E-state index contributed by atoms with van der Waals surface area (Å²) in [6.07, 6.45) is 13.6. The standard InChI is InChI=1S/C24H34N2O4/c27-20(13-30-21(28)23-7-14-1-15(8-23)3-16(2-14)9-23)25-22(29)26-24-10-17-4-18(11-24)6-19(5-17)12-24/h14-19H,1-13H2,(H2,25,26,27,29). The zero-order valence-electron chi connectivity index (χ0n) is 17.8. The van der Waals surface area contributed by atoms with E-state index in [9.17, 15) is 14.4 Å². The van der Waals surface area contributed by atoms with Crippen molar-refractivity contribution in [3.05, 3.63) is 0 Å². The zero-order valence-corrected chi connectivity index (χ0v) is 17.8. The Hall–Kier alpha value is -1.59. The van der Waals surface area contributed by atoms with Crippen LogP contribution in [-0.2, 0) is 14.3 Å². The fourth-order valence-electron chi connectivity index (χ4n) is 9.34. The van der Waals surface area contributed by atoms with Crippen molar-refractivity contribution < 1.29 is 19.1 Å². The maximum absolute atomic E-state index is 12.9. The van der Waals surface area contributed by atoms with Gasteiger partial charge in [-0.05, 0) is 113 Å². The van der Waals surface area contributed by atoms with Gasteiger partial charge in [-0.25, -0.2) is 4.79 Å². The Labute approximate surface area is 178 Å². The van der Waals surface area contributed by atoms with E-state index in [1.807, 2.05) is 0 Å². The molecule has 3 amide bonds. The Morgan fingerprint density at radius 2 is 1.13 bits per heavy atom. The number of imide groups is 1. The zero-order chi connectivity index (χ0) is 20.5. The summed E-state index contributed by atoms with van der Waals surface area (Å²) in [5.41, 5.74) is -0.495. The first-order valence-electron chi connectivity index (χ1n) is 12.2. The first-order chi connectivity index (χ1) is 14.4. The quantitative estimate of drug-likeness (QED) is 0.689. The molecule has 8 aliphatic carbocycles. The highest BCUT2D eigenvalue weighted by Gasteiger charge is 2.56. The summed E-state index contributed by atoms with van der Waals surface area (Å²) in [7, 11) is 0. The van der Waals surface area contributed by atoms with Crippen molar-refractivity contribution in [3.8, 4) is 0 Å². The molecule has 30 heavy (non-hydrogen) atoms. The first kappa shape index (κ1) is 19.1. The molecule has 0 radical (unpaired) electrons. The van der Waals surface area contributed by atoms with E-state index in [-0.39, 0.29) is 23.5 Å². The molecule has 8 saturated carbocycles. The van der Waals surface area contributed by atoms with Crippen LogP contribution in [-0.4, -0.2) is 30.1 Å². The molecule has 0 aromatic carbocycles. The Kier molecular flexibility index (Phi) is 4.27. The largest absolute Gasteiger partial charge is 0.455 e. The summed E-state index contributed by atoms with van der Waals surface area (Å²) in [5.74, 6) is 3.43. The third-order valence-corrected chi connectivity index (χ3v) is 9.48. The van der Waals surface area contributed by atoms with E-state index >= 15 is 0 Å². The molecule has 8 fully saturated rings. The van der Waals surface area contributed by atoms with Gasteiger partial charge in [-0.1, -0.05) is 0 Å². The molecule has 0 heterocycles. The van der Waals surface area contributed by atoms with Gasteiger partial charge >= 0.3 is 12.0 Å².